The monoisotopic (exact) mass is 304 g/mol. The number of aromatic nitrogens is 2. The Morgan fingerprint density at radius 2 is 2.10 bits per heavy atom. The van der Waals surface area contributed by atoms with Crippen molar-refractivity contribution in [3.8, 4) is 0 Å². The van der Waals surface area contributed by atoms with Gasteiger partial charge in [0.1, 0.15) is 17.2 Å². The van der Waals surface area contributed by atoms with Gasteiger partial charge >= 0.3 is 0 Å². The molecule has 1 heterocycles. The molecule has 0 saturated carbocycles. The molecule has 0 aliphatic heterocycles. The molecule has 0 spiro atoms. The van der Waals surface area contributed by atoms with Gasteiger partial charge in [0.25, 0.3) is 0 Å². The summed E-state index contributed by atoms with van der Waals surface area (Å²) < 4.78 is 39.1. The smallest absolute Gasteiger partial charge is 0.153 e. The summed E-state index contributed by atoms with van der Waals surface area (Å²) in [7, 11) is 3.10. The summed E-state index contributed by atoms with van der Waals surface area (Å²) in [6.07, 6.45) is -0.259. The number of hydrogen-bond donors (Lipinski definition) is 0. The van der Waals surface area contributed by atoms with Crippen LogP contribution in [0.1, 0.15) is 5.82 Å². The summed E-state index contributed by atoms with van der Waals surface area (Å²) in [6, 6.07) is 2.04. The highest BCUT2D eigenvalue weighted by Gasteiger charge is 2.18. The van der Waals surface area contributed by atoms with E-state index in [1.54, 1.807) is 18.8 Å². The lowest BCUT2D eigenvalue weighted by Gasteiger charge is -2.17. The number of rotatable bonds is 6. The molecular formula is C13H15ClF2N2O2. The Balaban J connectivity index is 2.49. The highest BCUT2D eigenvalue weighted by atomic mass is 35.5. The Labute approximate surface area is 120 Å². The molecule has 4 nitrogen and oxygen atoms in total. The van der Waals surface area contributed by atoms with Crippen molar-refractivity contribution in [3.63, 3.8) is 0 Å². The fourth-order valence-electron chi connectivity index (χ4n) is 2.09. The lowest BCUT2D eigenvalue weighted by atomic mass is 10.3. The standard InChI is InChI=1S/C13H15ClF2N2O2/c1-19-7-9(20-2)6-18-11-4-8(15)3-10(16)13(11)17-12(18)5-14/h3-4,9H,5-7H2,1-2H3. The van der Waals surface area contributed by atoms with Crippen molar-refractivity contribution in [2.45, 2.75) is 18.5 Å². The van der Waals surface area contributed by atoms with E-state index >= 15 is 0 Å². The van der Waals surface area contributed by atoms with Gasteiger partial charge in [0.2, 0.25) is 0 Å². The molecule has 1 atom stereocenters. The van der Waals surface area contributed by atoms with Crippen molar-refractivity contribution >= 4 is 22.6 Å². The second kappa shape index (κ2) is 6.47. The Morgan fingerprint density at radius 3 is 2.70 bits per heavy atom. The second-order valence-electron chi connectivity index (χ2n) is 4.34. The summed E-state index contributed by atoms with van der Waals surface area (Å²) in [5.74, 6) is -0.799. The molecule has 110 valence electrons. The maximum Gasteiger partial charge on any atom is 0.153 e. The van der Waals surface area contributed by atoms with Crippen LogP contribution in [0.3, 0.4) is 0 Å². The van der Waals surface area contributed by atoms with Crippen molar-refractivity contribution in [3.05, 3.63) is 29.6 Å². The molecular weight excluding hydrogens is 290 g/mol. The molecule has 1 aromatic heterocycles. The predicted octanol–water partition coefficient (Wildman–Crippen LogP) is 2.71. The minimum Gasteiger partial charge on any atom is -0.382 e. The topological polar surface area (TPSA) is 36.3 Å². The van der Waals surface area contributed by atoms with Crippen LogP contribution in [0.4, 0.5) is 8.78 Å². The average molecular weight is 305 g/mol. The van der Waals surface area contributed by atoms with E-state index in [1.807, 2.05) is 0 Å². The van der Waals surface area contributed by atoms with Crippen molar-refractivity contribution in [1.82, 2.24) is 9.55 Å². The van der Waals surface area contributed by atoms with E-state index in [-0.39, 0.29) is 17.5 Å². The van der Waals surface area contributed by atoms with Gasteiger partial charge in [-0.1, -0.05) is 0 Å². The number of methoxy groups -OCH3 is 2. The fraction of sp³-hybridized carbons (Fsp3) is 0.462. The van der Waals surface area contributed by atoms with Crippen molar-refractivity contribution in [2.24, 2.45) is 0 Å². The zero-order valence-electron chi connectivity index (χ0n) is 11.2. The molecule has 0 aliphatic carbocycles. The molecule has 0 saturated heterocycles. The molecule has 20 heavy (non-hydrogen) atoms. The Kier molecular flexibility index (Phi) is 4.91. The minimum atomic E-state index is -0.703. The number of hydrogen-bond acceptors (Lipinski definition) is 3. The normalized spacial score (nSPS) is 13.1. The number of alkyl halides is 1. The third-order valence-corrected chi connectivity index (χ3v) is 3.28. The molecule has 2 aromatic rings. The van der Waals surface area contributed by atoms with Crippen LogP contribution in [0.2, 0.25) is 0 Å². The zero-order valence-corrected chi connectivity index (χ0v) is 12.0. The number of benzene rings is 1. The van der Waals surface area contributed by atoms with Gasteiger partial charge in [0.05, 0.1) is 30.7 Å². The van der Waals surface area contributed by atoms with E-state index in [2.05, 4.69) is 4.98 Å². The van der Waals surface area contributed by atoms with E-state index in [1.165, 1.54) is 6.07 Å². The van der Waals surface area contributed by atoms with E-state index in [4.69, 9.17) is 21.1 Å². The van der Waals surface area contributed by atoms with Crippen LogP contribution in [0, 0.1) is 11.6 Å². The van der Waals surface area contributed by atoms with Crippen LogP contribution in [-0.2, 0) is 21.9 Å². The molecule has 0 fully saturated rings. The molecule has 0 N–H and O–H groups in total. The second-order valence-corrected chi connectivity index (χ2v) is 4.61. The van der Waals surface area contributed by atoms with Crippen molar-refractivity contribution in [2.75, 3.05) is 20.8 Å². The number of imidazole rings is 1. The zero-order chi connectivity index (χ0) is 14.7. The molecule has 7 heteroatoms. The summed E-state index contributed by atoms with van der Waals surface area (Å²) in [4.78, 5) is 4.11. The maximum atomic E-state index is 13.7. The SMILES string of the molecule is COCC(Cn1c(CCl)nc2c(F)cc(F)cc21)OC. The van der Waals surface area contributed by atoms with Crippen LogP contribution in [0.25, 0.3) is 11.0 Å². The number of halogens is 3. The first-order valence-corrected chi connectivity index (χ1v) is 6.56. The first kappa shape index (κ1) is 15.2. The molecule has 0 radical (unpaired) electrons. The first-order valence-electron chi connectivity index (χ1n) is 6.02. The highest BCUT2D eigenvalue weighted by Crippen LogP contribution is 2.22. The molecule has 0 aliphatic rings. The Bertz CT molecular complexity index is 604. The minimum absolute atomic E-state index is 0.0964. The molecule has 2 rings (SSSR count). The Morgan fingerprint density at radius 1 is 1.35 bits per heavy atom. The van der Waals surface area contributed by atoms with Crippen LogP contribution >= 0.6 is 11.6 Å². The van der Waals surface area contributed by atoms with Crippen LogP contribution < -0.4 is 0 Å². The van der Waals surface area contributed by atoms with E-state index < -0.39 is 11.6 Å². The van der Waals surface area contributed by atoms with Gasteiger partial charge in [-0.2, -0.15) is 0 Å². The first-order chi connectivity index (χ1) is 9.60. The molecule has 1 unspecified atom stereocenters. The van der Waals surface area contributed by atoms with Gasteiger partial charge in [0, 0.05) is 20.3 Å². The summed E-state index contributed by atoms with van der Waals surface area (Å²) >= 11 is 5.83. The van der Waals surface area contributed by atoms with E-state index in [0.29, 0.717) is 24.5 Å². The summed E-state index contributed by atoms with van der Waals surface area (Å²) in [5.41, 5.74) is 0.464. The lowest BCUT2D eigenvalue weighted by Crippen LogP contribution is -2.24. The number of ether oxygens (including phenoxy) is 2. The van der Waals surface area contributed by atoms with Gasteiger partial charge in [-0.3, -0.25) is 0 Å². The van der Waals surface area contributed by atoms with Crippen molar-refractivity contribution < 1.29 is 18.3 Å². The van der Waals surface area contributed by atoms with Crippen LogP contribution in [0.5, 0.6) is 0 Å². The van der Waals surface area contributed by atoms with Gasteiger partial charge in [0.15, 0.2) is 5.82 Å². The van der Waals surface area contributed by atoms with Crippen LogP contribution in [-0.4, -0.2) is 36.5 Å². The van der Waals surface area contributed by atoms with E-state index in [9.17, 15) is 8.78 Å². The quantitative estimate of drug-likeness (QED) is 0.770. The van der Waals surface area contributed by atoms with Gasteiger partial charge in [-0.05, 0) is 6.07 Å². The summed E-state index contributed by atoms with van der Waals surface area (Å²) in [6.45, 7) is 0.710. The predicted molar refractivity (Wildman–Crippen MR) is 71.9 cm³/mol. The number of nitrogens with zero attached hydrogens (tertiary/aromatic N) is 2. The summed E-state index contributed by atoms with van der Waals surface area (Å²) in [5, 5.41) is 0. The lowest BCUT2D eigenvalue weighted by molar-refractivity contribution is 0.0186. The Hall–Kier alpha value is -1.24. The molecule has 1 aromatic carbocycles. The van der Waals surface area contributed by atoms with Gasteiger partial charge in [-0.25, -0.2) is 13.8 Å². The van der Waals surface area contributed by atoms with Crippen molar-refractivity contribution in [1.29, 1.82) is 0 Å². The highest BCUT2D eigenvalue weighted by molar-refractivity contribution is 6.16. The third-order valence-electron chi connectivity index (χ3n) is 3.04. The van der Waals surface area contributed by atoms with Gasteiger partial charge in [-0.15, -0.1) is 11.6 Å². The average Bonchev–Trinajstić information content (AvgIpc) is 2.76. The molecule has 0 amide bonds. The van der Waals surface area contributed by atoms with Gasteiger partial charge < -0.3 is 14.0 Å². The largest absolute Gasteiger partial charge is 0.382 e. The molecule has 0 bridgehead atoms. The fourth-order valence-corrected chi connectivity index (χ4v) is 2.29. The third kappa shape index (κ3) is 2.92. The number of fused-ring (bicyclic) bond motifs is 1. The maximum absolute atomic E-state index is 13.7. The van der Waals surface area contributed by atoms with E-state index in [0.717, 1.165) is 6.07 Å². The van der Waals surface area contributed by atoms with Crippen LogP contribution in [0.15, 0.2) is 12.1 Å².